The van der Waals surface area contributed by atoms with E-state index < -0.39 is 58.9 Å². The van der Waals surface area contributed by atoms with Gasteiger partial charge in [0, 0.05) is 24.9 Å². The maximum Gasteiger partial charge on any atom is 0.303 e. The normalized spacial score (nSPS) is 10.9. The van der Waals surface area contributed by atoms with Gasteiger partial charge >= 0.3 is 5.97 Å². The molecule has 0 aliphatic heterocycles. The molecule has 9 heteroatoms. The van der Waals surface area contributed by atoms with Crippen LogP contribution in [-0.2, 0) is 11.8 Å². The minimum absolute atomic E-state index is 0.000790. The van der Waals surface area contributed by atoms with E-state index in [4.69, 9.17) is 9.84 Å². The number of carbonyl (C=O) groups excluding carboxylic acids is 1. The summed E-state index contributed by atoms with van der Waals surface area (Å²) in [6, 6.07) is 7.15. The topological polar surface area (TPSA) is 106 Å². The van der Waals surface area contributed by atoms with Crippen LogP contribution in [0.3, 0.4) is 0 Å². The molecular formula is C20H15F2NO6. The molecule has 3 aromatic rings. The number of hydrogen-bond donors (Lipinski definition) is 2. The van der Waals surface area contributed by atoms with Crippen molar-refractivity contribution in [2.75, 3.05) is 0 Å². The molecule has 29 heavy (non-hydrogen) atoms. The van der Waals surface area contributed by atoms with Gasteiger partial charge in [0.25, 0.3) is 5.56 Å². The third kappa shape index (κ3) is 3.79. The van der Waals surface area contributed by atoms with Crippen molar-refractivity contribution in [2.24, 2.45) is 7.05 Å². The number of hydrogen-bond acceptors (Lipinski definition) is 5. The second-order valence-corrected chi connectivity index (χ2v) is 6.24. The van der Waals surface area contributed by atoms with Gasteiger partial charge in [0.15, 0.2) is 23.2 Å². The number of fused-ring (bicyclic) bond motifs is 1. The van der Waals surface area contributed by atoms with Gasteiger partial charge in [-0.2, -0.15) is 0 Å². The van der Waals surface area contributed by atoms with Crippen molar-refractivity contribution in [1.82, 2.24) is 4.57 Å². The molecule has 0 amide bonds. The molecule has 0 saturated heterocycles. The van der Waals surface area contributed by atoms with Crippen LogP contribution in [0.1, 0.15) is 23.2 Å². The lowest BCUT2D eigenvalue weighted by Crippen LogP contribution is -2.25. The van der Waals surface area contributed by atoms with E-state index in [1.165, 1.54) is 31.3 Å². The fraction of sp³-hybridized carbons (Fsp3) is 0.150. The van der Waals surface area contributed by atoms with E-state index in [1.807, 2.05) is 0 Å². The van der Waals surface area contributed by atoms with Crippen molar-refractivity contribution >= 4 is 22.7 Å². The van der Waals surface area contributed by atoms with Gasteiger partial charge in [-0.25, -0.2) is 8.78 Å². The molecule has 0 aliphatic rings. The van der Waals surface area contributed by atoms with E-state index in [2.05, 4.69) is 0 Å². The lowest BCUT2D eigenvalue weighted by Gasteiger charge is -2.13. The van der Waals surface area contributed by atoms with Gasteiger partial charge in [0.1, 0.15) is 17.1 Å². The highest BCUT2D eigenvalue weighted by Crippen LogP contribution is 2.33. The molecule has 0 spiro atoms. The van der Waals surface area contributed by atoms with Crippen LogP contribution in [0.15, 0.2) is 41.2 Å². The van der Waals surface area contributed by atoms with Gasteiger partial charge in [-0.1, -0.05) is 6.07 Å². The van der Waals surface area contributed by atoms with Gasteiger partial charge in [0.2, 0.25) is 0 Å². The first-order valence-corrected chi connectivity index (χ1v) is 8.43. The zero-order chi connectivity index (χ0) is 21.3. The van der Waals surface area contributed by atoms with E-state index in [0.717, 1.165) is 16.7 Å². The summed E-state index contributed by atoms with van der Waals surface area (Å²) in [4.78, 5) is 35.4. The first kappa shape index (κ1) is 20.0. The number of Topliss-reactive ketones (excluding diaryl/α,β-unsaturated/α-hetero) is 1. The number of aryl methyl sites for hydroxylation is 1. The number of para-hydroxylation sites is 1. The van der Waals surface area contributed by atoms with Crippen molar-refractivity contribution in [1.29, 1.82) is 0 Å². The second-order valence-electron chi connectivity index (χ2n) is 6.24. The van der Waals surface area contributed by atoms with Crippen LogP contribution in [0, 0.1) is 11.6 Å². The number of ether oxygens (including phenoxy) is 1. The Morgan fingerprint density at radius 2 is 1.76 bits per heavy atom. The fourth-order valence-electron chi connectivity index (χ4n) is 2.86. The Bertz CT molecular complexity index is 1180. The molecule has 1 heterocycles. The summed E-state index contributed by atoms with van der Waals surface area (Å²) in [5, 5.41) is 19.2. The highest BCUT2D eigenvalue weighted by Gasteiger charge is 2.22. The number of aliphatic carboxylic acids is 1. The molecular weight excluding hydrogens is 388 g/mol. The van der Waals surface area contributed by atoms with Gasteiger partial charge in [-0.15, -0.1) is 0 Å². The number of nitrogens with zero attached hydrogens (tertiary/aromatic N) is 1. The number of pyridine rings is 1. The molecule has 0 radical (unpaired) electrons. The predicted molar refractivity (Wildman–Crippen MR) is 98.5 cm³/mol. The van der Waals surface area contributed by atoms with Gasteiger partial charge < -0.3 is 19.5 Å². The van der Waals surface area contributed by atoms with E-state index >= 15 is 0 Å². The second kappa shape index (κ2) is 7.70. The van der Waals surface area contributed by atoms with Crippen LogP contribution < -0.4 is 10.3 Å². The third-order valence-corrected chi connectivity index (χ3v) is 4.32. The van der Waals surface area contributed by atoms with Crippen LogP contribution in [0.2, 0.25) is 0 Å². The number of carboxylic acids is 1. The molecule has 0 saturated carbocycles. The van der Waals surface area contributed by atoms with E-state index in [-0.39, 0.29) is 16.7 Å². The highest BCUT2D eigenvalue weighted by molar-refractivity contribution is 6.04. The molecule has 0 unspecified atom stereocenters. The van der Waals surface area contributed by atoms with Crippen LogP contribution in [-0.4, -0.2) is 26.5 Å². The molecule has 0 fully saturated rings. The lowest BCUT2D eigenvalue weighted by molar-refractivity contribution is -0.136. The monoisotopic (exact) mass is 403 g/mol. The summed E-state index contributed by atoms with van der Waals surface area (Å²) in [5.41, 5.74) is -1.20. The van der Waals surface area contributed by atoms with Crippen molar-refractivity contribution in [2.45, 2.75) is 12.8 Å². The Balaban J connectivity index is 2.08. The number of carboxylic acid groups (broad SMARTS) is 1. The maximum absolute atomic E-state index is 13.8. The van der Waals surface area contributed by atoms with E-state index in [9.17, 15) is 28.3 Å². The van der Waals surface area contributed by atoms with Crippen molar-refractivity contribution in [3.05, 3.63) is 63.9 Å². The summed E-state index contributed by atoms with van der Waals surface area (Å²) in [7, 11) is 1.34. The molecule has 2 N–H and O–H groups in total. The zero-order valence-corrected chi connectivity index (χ0v) is 15.1. The first-order chi connectivity index (χ1) is 13.7. The third-order valence-electron chi connectivity index (χ3n) is 4.32. The average Bonchev–Trinajstić information content (AvgIpc) is 2.67. The van der Waals surface area contributed by atoms with Crippen LogP contribution in [0.4, 0.5) is 8.78 Å². The maximum atomic E-state index is 13.8. The Morgan fingerprint density at radius 1 is 1.10 bits per heavy atom. The highest BCUT2D eigenvalue weighted by atomic mass is 19.1. The average molecular weight is 403 g/mol. The van der Waals surface area contributed by atoms with E-state index in [0.29, 0.717) is 0 Å². The first-order valence-electron chi connectivity index (χ1n) is 8.43. The van der Waals surface area contributed by atoms with Gasteiger partial charge in [-0.3, -0.25) is 14.4 Å². The van der Waals surface area contributed by atoms with Gasteiger partial charge in [0.05, 0.1) is 11.9 Å². The Hall–Kier alpha value is -3.75. The molecule has 1 aromatic heterocycles. The Kier molecular flexibility index (Phi) is 5.31. The number of halogens is 2. The number of rotatable bonds is 6. The van der Waals surface area contributed by atoms with E-state index in [1.54, 1.807) is 0 Å². The molecule has 0 aliphatic carbocycles. The number of aromatic nitrogens is 1. The van der Waals surface area contributed by atoms with Crippen molar-refractivity contribution in [3.63, 3.8) is 0 Å². The zero-order valence-electron chi connectivity index (χ0n) is 15.1. The minimum Gasteiger partial charge on any atom is -0.506 e. The summed E-state index contributed by atoms with van der Waals surface area (Å²) in [6.45, 7) is 0. The van der Waals surface area contributed by atoms with Crippen molar-refractivity contribution < 1.29 is 33.3 Å². The smallest absolute Gasteiger partial charge is 0.303 e. The predicted octanol–water partition coefficient (Wildman–Crippen LogP) is 3.36. The molecule has 2 aromatic carbocycles. The molecule has 0 atom stereocenters. The Labute approximate surface area is 162 Å². The van der Waals surface area contributed by atoms with Crippen LogP contribution in [0.25, 0.3) is 10.9 Å². The standard InChI is InChI=1S/C20H15F2NO6/c1-23-14-9-10(29-19-12(21)3-2-4-13(19)22)5-6-11(14)18(27)17(20(23)28)15(24)7-8-16(25)26/h2-6,9,27H,7-8H2,1H3,(H,25,26). The lowest BCUT2D eigenvalue weighted by atomic mass is 10.0. The SMILES string of the molecule is Cn1c(=O)c(C(=O)CCC(=O)O)c(O)c2ccc(Oc3c(F)cccc3F)cc21. The fourth-order valence-corrected chi connectivity index (χ4v) is 2.86. The number of ketones is 1. The number of carbonyl (C=O) groups is 2. The summed E-state index contributed by atoms with van der Waals surface area (Å²) < 4.78 is 33.9. The van der Waals surface area contributed by atoms with Crippen LogP contribution >= 0.6 is 0 Å². The van der Waals surface area contributed by atoms with Crippen LogP contribution in [0.5, 0.6) is 17.2 Å². The quantitative estimate of drug-likeness (QED) is 0.612. The summed E-state index contributed by atoms with van der Waals surface area (Å²) in [5.74, 6) is -5.06. The molecule has 7 nitrogen and oxygen atoms in total. The summed E-state index contributed by atoms with van der Waals surface area (Å²) in [6.07, 6.45) is -0.933. The number of aromatic hydroxyl groups is 1. The molecule has 150 valence electrons. The largest absolute Gasteiger partial charge is 0.506 e. The van der Waals surface area contributed by atoms with Crippen molar-refractivity contribution in [3.8, 4) is 17.2 Å². The minimum atomic E-state index is -1.21. The Morgan fingerprint density at radius 3 is 2.38 bits per heavy atom. The van der Waals surface area contributed by atoms with Gasteiger partial charge in [-0.05, 0) is 24.3 Å². The number of benzene rings is 2. The molecule has 3 rings (SSSR count). The summed E-state index contributed by atoms with van der Waals surface area (Å²) >= 11 is 0. The molecule has 0 bridgehead atoms.